The van der Waals surface area contributed by atoms with Crippen LogP contribution in [-0.2, 0) is 0 Å². The van der Waals surface area contributed by atoms with Gasteiger partial charge in [-0.15, -0.1) is 0 Å². The molecule has 22 heavy (non-hydrogen) atoms. The van der Waals surface area contributed by atoms with E-state index in [-0.39, 0.29) is 5.56 Å². The van der Waals surface area contributed by atoms with E-state index < -0.39 is 0 Å². The van der Waals surface area contributed by atoms with Crippen molar-refractivity contribution < 1.29 is 0 Å². The Morgan fingerprint density at radius 1 is 0.818 bits per heavy atom. The fraction of sp³-hybridized carbons (Fsp3) is 0. The van der Waals surface area contributed by atoms with Gasteiger partial charge in [-0.3, -0.25) is 9.36 Å². The topological polar surface area (TPSA) is 34.9 Å². The summed E-state index contributed by atoms with van der Waals surface area (Å²) in [6.45, 7) is 0. The first-order valence-electron chi connectivity index (χ1n) is 6.91. The van der Waals surface area contributed by atoms with Gasteiger partial charge in [0.1, 0.15) is 5.15 Å². The minimum absolute atomic E-state index is 0.0935. The van der Waals surface area contributed by atoms with Crippen LogP contribution in [0.2, 0.25) is 5.15 Å². The Kier molecular flexibility index (Phi) is 2.94. The maximum Gasteiger partial charge on any atom is 0.265 e. The smallest absolute Gasteiger partial charge is 0.265 e. The van der Waals surface area contributed by atoms with Crippen LogP contribution in [0.5, 0.6) is 0 Å². The van der Waals surface area contributed by atoms with E-state index in [1.807, 2.05) is 54.6 Å². The Morgan fingerprint density at radius 2 is 1.55 bits per heavy atom. The molecule has 0 aliphatic carbocycles. The van der Waals surface area contributed by atoms with Crippen LogP contribution in [0, 0.1) is 0 Å². The van der Waals surface area contributed by atoms with Crippen LogP contribution >= 0.6 is 11.6 Å². The number of hydrogen-bond donors (Lipinski definition) is 0. The fourth-order valence-electron chi connectivity index (χ4n) is 2.75. The van der Waals surface area contributed by atoms with Crippen LogP contribution in [0.15, 0.2) is 71.5 Å². The largest absolute Gasteiger partial charge is 0.276 e. The third-order valence-corrected chi connectivity index (χ3v) is 3.92. The second-order valence-electron chi connectivity index (χ2n) is 5.02. The van der Waals surface area contributed by atoms with Gasteiger partial charge in [0.25, 0.3) is 5.56 Å². The van der Waals surface area contributed by atoms with Gasteiger partial charge in [-0.1, -0.05) is 48.0 Å². The minimum atomic E-state index is -0.0935. The molecular formula is C18H11ClN2O. The molecule has 0 aliphatic rings. The van der Waals surface area contributed by atoms with Crippen molar-refractivity contribution in [1.29, 1.82) is 0 Å². The average Bonchev–Trinajstić information content (AvgIpc) is 2.56. The third kappa shape index (κ3) is 1.90. The molecule has 0 radical (unpaired) electrons. The van der Waals surface area contributed by atoms with E-state index in [0.29, 0.717) is 16.1 Å². The summed E-state index contributed by atoms with van der Waals surface area (Å²) >= 11 is 6.01. The van der Waals surface area contributed by atoms with E-state index in [4.69, 9.17) is 11.6 Å². The van der Waals surface area contributed by atoms with Crippen molar-refractivity contribution in [2.75, 3.05) is 0 Å². The molecule has 4 heteroatoms. The van der Waals surface area contributed by atoms with Crippen molar-refractivity contribution >= 4 is 33.4 Å². The lowest BCUT2D eigenvalue weighted by atomic mass is 10.1. The summed E-state index contributed by atoms with van der Waals surface area (Å²) in [7, 11) is 0. The second-order valence-corrected chi connectivity index (χ2v) is 5.41. The summed E-state index contributed by atoms with van der Waals surface area (Å²) in [6.07, 6.45) is 0. The Morgan fingerprint density at radius 3 is 2.36 bits per heavy atom. The summed E-state index contributed by atoms with van der Waals surface area (Å²) < 4.78 is 1.72. The van der Waals surface area contributed by atoms with Gasteiger partial charge in [0.15, 0.2) is 0 Å². The predicted octanol–water partition coefficient (Wildman–Crippen LogP) is 4.19. The molecule has 0 bridgehead atoms. The van der Waals surface area contributed by atoms with Gasteiger partial charge < -0.3 is 0 Å². The number of hydrogen-bond acceptors (Lipinski definition) is 2. The highest BCUT2D eigenvalue weighted by Gasteiger charge is 2.12. The maximum atomic E-state index is 12.9. The lowest BCUT2D eigenvalue weighted by molar-refractivity contribution is 1.06. The molecule has 0 aliphatic heterocycles. The molecule has 0 fully saturated rings. The Hall–Kier alpha value is -2.65. The molecule has 2 aromatic carbocycles. The molecule has 106 valence electrons. The van der Waals surface area contributed by atoms with Crippen molar-refractivity contribution in [2.24, 2.45) is 0 Å². The van der Waals surface area contributed by atoms with E-state index >= 15 is 0 Å². The zero-order valence-corrected chi connectivity index (χ0v) is 12.3. The highest BCUT2D eigenvalue weighted by molar-refractivity contribution is 6.30. The zero-order valence-electron chi connectivity index (χ0n) is 11.5. The molecule has 0 spiro atoms. The summed E-state index contributed by atoms with van der Waals surface area (Å²) in [6, 6.07) is 20.7. The van der Waals surface area contributed by atoms with Gasteiger partial charge in [0.2, 0.25) is 0 Å². The SMILES string of the molecule is O=c1c2ccc(Cl)nc2c2ccccc2n1-c1ccccc1. The predicted molar refractivity (Wildman–Crippen MR) is 89.9 cm³/mol. The number of benzene rings is 2. The van der Waals surface area contributed by atoms with E-state index in [1.165, 1.54) is 0 Å². The monoisotopic (exact) mass is 306 g/mol. The molecule has 0 N–H and O–H groups in total. The third-order valence-electron chi connectivity index (χ3n) is 3.71. The Bertz CT molecular complexity index is 1060. The summed E-state index contributed by atoms with van der Waals surface area (Å²) in [5.41, 5.74) is 2.20. The lowest BCUT2D eigenvalue weighted by Crippen LogP contribution is -2.19. The molecule has 3 nitrogen and oxygen atoms in total. The molecule has 0 unspecified atom stereocenters. The number of aromatic nitrogens is 2. The van der Waals surface area contributed by atoms with Crippen LogP contribution in [0.4, 0.5) is 0 Å². The minimum Gasteiger partial charge on any atom is -0.276 e. The van der Waals surface area contributed by atoms with Gasteiger partial charge in [-0.2, -0.15) is 0 Å². The number of nitrogens with zero attached hydrogens (tertiary/aromatic N) is 2. The van der Waals surface area contributed by atoms with Crippen LogP contribution in [0.1, 0.15) is 0 Å². The van der Waals surface area contributed by atoms with E-state index in [0.717, 1.165) is 16.6 Å². The number of fused-ring (bicyclic) bond motifs is 3. The van der Waals surface area contributed by atoms with Gasteiger partial charge >= 0.3 is 0 Å². The van der Waals surface area contributed by atoms with Crippen molar-refractivity contribution in [2.45, 2.75) is 0 Å². The van der Waals surface area contributed by atoms with E-state index in [1.54, 1.807) is 16.7 Å². The van der Waals surface area contributed by atoms with E-state index in [9.17, 15) is 4.79 Å². The molecule has 4 aromatic rings. The van der Waals surface area contributed by atoms with Crippen molar-refractivity contribution in [1.82, 2.24) is 9.55 Å². The van der Waals surface area contributed by atoms with Crippen molar-refractivity contribution in [3.63, 3.8) is 0 Å². The molecule has 4 rings (SSSR count). The van der Waals surface area contributed by atoms with E-state index in [2.05, 4.69) is 4.98 Å². The number of halogens is 1. The lowest BCUT2D eigenvalue weighted by Gasteiger charge is -2.12. The standard InChI is InChI=1S/C18H11ClN2O/c19-16-11-10-14-17(20-16)13-8-4-5-9-15(13)21(18(14)22)12-6-2-1-3-7-12/h1-11H. The summed E-state index contributed by atoms with van der Waals surface area (Å²) in [5, 5.41) is 1.85. The number of pyridine rings is 2. The van der Waals surface area contributed by atoms with Crippen LogP contribution in [0.3, 0.4) is 0 Å². The molecule has 0 saturated heterocycles. The van der Waals surface area contributed by atoms with Gasteiger partial charge in [0, 0.05) is 11.1 Å². The highest BCUT2D eigenvalue weighted by Crippen LogP contribution is 2.24. The van der Waals surface area contributed by atoms with Crippen molar-refractivity contribution in [3.8, 4) is 5.69 Å². The first kappa shape index (κ1) is 13.0. The molecule has 0 atom stereocenters. The first-order chi connectivity index (χ1) is 10.8. The molecular weight excluding hydrogens is 296 g/mol. The van der Waals surface area contributed by atoms with Gasteiger partial charge in [-0.05, 0) is 30.3 Å². The average molecular weight is 307 g/mol. The van der Waals surface area contributed by atoms with Gasteiger partial charge in [0.05, 0.1) is 16.4 Å². The normalized spacial score (nSPS) is 11.1. The highest BCUT2D eigenvalue weighted by atomic mass is 35.5. The quantitative estimate of drug-likeness (QED) is 0.390. The van der Waals surface area contributed by atoms with Crippen LogP contribution in [-0.4, -0.2) is 9.55 Å². The van der Waals surface area contributed by atoms with Crippen LogP contribution < -0.4 is 5.56 Å². The molecule has 2 heterocycles. The number of para-hydroxylation sites is 2. The molecule has 0 amide bonds. The molecule has 0 saturated carbocycles. The Labute approximate surface area is 131 Å². The molecule has 2 aromatic heterocycles. The van der Waals surface area contributed by atoms with Gasteiger partial charge in [-0.25, -0.2) is 4.98 Å². The van der Waals surface area contributed by atoms with Crippen LogP contribution in [0.25, 0.3) is 27.5 Å². The summed E-state index contributed by atoms with van der Waals surface area (Å²) in [5.74, 6) is 0. The number of rotatable bonds is 1. The maximum absolute atomic E-state index is 12.9. The second kappa shape index (κ2) is 4.97. The Balaban J connectivity index is 2.28. The fourth-order valence-corrected chi connectivity index (χ4v) is 2.89. The first-order valence-corrected chi connectivity index (χ1v) is 7.29. The zero-order chi connectivity index (χ0) is 15.1. The van der Waals surface area contributed by atoms with Crippen molar-refractivity contribution in [3.05, 3.63) is 82.2 Å². The summed E-state index contributed by atoms with van der Waals surface area (Å²) in [4.78, 5) is 17.3.